The van der Waals surface area contributed by atoms with Crippen molar-refractivity contribution >= 4 is 12.0 Å². The molecule has 0 atom stereocenters. The van der Waals surface area contributed by atoms with Gasteiger partial charge in [0.2, 0.25) is 0 Å². The monoisotopic (exact) mass is 156 g/mol. The van der Waals surface area contributed by atoms with Crippen molar-refractivity contribution < 1.29 is 9.29 Å². The Morgan fingerprint density at radius 3 is 2.60 bits per heavy atom. The van der Waals surface area contributed by atoms with Crippen LogP contribution in [0.3, 0.4) is 0 Å². The third kappa shape index (κ3) is 1.43. The lowest BCUT2D eigenvalue weighted by Crippen LogP contribution is -1.83. The van der Waals surface area contributed by atoms with Crippen molar-refractivity contribution in [1.82, 2.24) is 0 Å². The molecule has 0 aromatic heterocycles. The first kappa shape index (κ1) is 7.44. The molecule has 0 saturated heterocycles. The molecule has 0 aliphatic heterocycles. The lowest BCUT2D eigenvalue weighted by molar-refractivity contribution is 0.404. The van der Waals surface area contributed by atoms with Gasteiger partial charge in [0.05, 0.1) is 12.0 Å². The van der Waals surface area contributed by atoms with Gasteiger partial charge in [-0.3, -0.25) is 0 Å². The van der Waals surface area contributed by atoms with Gasteiger partial charge in [-0.2, -0.15) is 0 Å². The number of para-hydroxylation sites is 1. The van der Waals surface area contributed by atoms with E-state index < -0.39 is 0 Å². The summed E-state index contributed by atoms with van der Waals surface area (Å²) in [4.78, 5) is 0.741. The first-order valence-electron chi connectivity index (χ1n) is 2.83. The van der Waals surface area contributed by atoms with Gasteiger partial charge in [0.25, 0.3) is 0 Å². The highest BCUT2D eigenvalue weighted by Crippen LogP contribution is 2.25. The normalized spacial score (nSPS) is 9.40. The molecule has 1 aromatic carbocycles. The molecule has 10 heavy (non-hydrogen) atoms. The second-order valence-corrected chi connectivity index (χ2v) is 2.36. The fourth-order valence-electron chi connectivity index (χ4n) is 0.694. The number of methoxy groups -OCH3 is 1. The highest BCUT2D eigenvalue weighted by Gasteiger charge is 1.98. The minimum absolute atomic E-state index is 0.695. The second-order valence-electron chi connectivity index (χ2n) is 1.74. The largest absolute Gasteiger partial charge is 0.496 e. The lowest BCUT2D eigenvalue weighted by atomic mass is 10.3. The molecule has 3 heteroatoms. The summed E-state index contributed by atoms with van der Waals surface area (Å²) in [6.07, 6.45) is 0. The van der Waals surface area contributed by atoms with E-state index in [2.05, 4.69) is 0 Å². The van der Waals surface area contributed by atoms with Gasteiger partial charge in [-0.05, 0) is 12.1 Å². The van der Waals surface area contributed by atoms with Gasteiger partial charge in [0.1, 0.15) is 5.75 Å². The third-order valence-corrected chi connectivity index (χ3v) is 1.70. The zero-order valence-corrected chi connectivity index (χ0v) is 6.39. The summed E-state index contributed by atoms with van der Waals surface area (Å²) in [5.41, 5.74) is 0. The topological polar surface area (TPSA) is 29.5 Å². The van der Waals surface area contributed by atoms with Gasteiger partial charge in [-0.25, -0.2) is 0 Å². The van der Waals surface area contributed by atoms with Crippen LogP contribution in [0.1, 0.15) is 0 Å². The third-order valence-electron chi connectivity index (χ3n) is 1.17. The van der Waals surface area contributed by atoms with E-state index in [0.717, 1.165) is 4.90 Å². The highest BCUT2D eigenvalue weighted by atomic mass is 32.2. The molecule has 0 fully saturated rings. The maximum absolute atomic E-state index is 8.69. The van der Waals surface area contributed by atoms with Gasteiger partial charge in [-0.1, -0.05) is 12.1 Å². The molecule has 2 nitrogen and oxygen atoms in total. The van der Waals surface area contributed by atoms with Crippen LogP contribution in [0.15, 0.2) is 29.2 Å². The molecule has 0 unspecified atom stereocenters. The van der Waals surface area contributed by atoms with E-state index in [-0.39, 0.29) is 0 Å². The summed E-state index contributed by atoms with van der Waals surface area (Å²) >= 11 is 0.695. The average Bonchev–Trinajstić information content (AvgIpc) is 2.04. The van der Waals surface area contributed by atoms with Crippen LogP contribution in [-0.4, -0.2) is 11.7 Å². The molecular weight excluding hydrogens is 148 g/mol. The highest BCUT2D eigenvalue weighted by molar-refractivity contribution is 7.93. The molecule has 1 N–H and O–H groups in total. The number of rotatable bonds is 2. The molecule has 0 aliphatic carbocycles. The Hall–Kier alpha value is -0.670. The van der Waals surface area contributed by atoms with E-state index in [1.54, 1.807) is 19.2 Å². The Bertz CT molecular complexity index is 190. The number of ether oxygens (including phenoxy) is 1. The van der Waals surface area contributed by atoms with Crippen LogP contribution in [-0.2, 0) is 0 Å². The van der Waals surface area contributed by atoms with E-state index in [1.165, 1.54) is 0 Å². The van der Waals surface area contributed by atoms with E-state index >= 15 is 0 Å². The fraction of sp³-hybridized carbons (Fsp3) is 0.143. The van der Waals surface area contributed by atoms with Gasteiger partial charge in [0, 0.05) is 12.0 Å². The maximum Gasteiger partial charge on any atom is 0.134 e. The zero-order chi connectivity index (χ0) is 7.40. The van der Waals surface area contributed by atoms with E-state index in [4.69, 9.17) is 9.29 Å². The van der Waals surface area contributed by atoms with Crippen LogP contribution < -0.4 is 4.74 Å². The molecule has 0 radical (unpaired) electrons. The van der Waals surface area contributed by atoms with Crippen molar-refractivity contribution in [3.8, 4) is 5.75 Å². The molecule has 1 aromatic rings. The minimum atomic E-state index is 0.695. The predicted octanol–water partition coefficient (Wildman–Crippen LogP) is 2.26. The van der Waals surface area contributed by atoms with E-state index in [1.807, 2.05) is 12.1 Å². The molecular formula is C7H8O2S. The van der Waals surface area contributed by atoms with Crippen molar-refractivity contribution in [2.24, 2.45) is 0 Å². The summed E-state index contributed by atoms with van der Waals surface area (Å²) in [6.45, 7) is 0. The van der Waals surface area contributed by atoms with E-state index in [0.29, 0.717) is 17.8 Å². The molecule has 0 heterocycles. The number of benzene rings is 1. The molecule has 54 valence electrons. The van der Waals surface area contributed by atoms with Crippen molar-refractivity contribution in [1.29, 1.82) is 0 Å². The van der Waals surface area contributed by atoms with Crippen LogP contribution in [0.5, 0.6) is 5.75 Å². The minimum Gasteiger partial charge on any atom is -0.496 e. The summed E-state index contributed by atoms with van der Waals surface area (Å²) < 4.78 is 13.6. The summed E-state index contributed by atoms with van der Waals surface area (Å²) in [7, 11) is 1.58. The zero-order valence-electron chi connectivity index (χ0n) is 5.57. The molecule has 0 spiro atoms. The number of hydrogen-bond acceptors (Lipinski definition) is 3. The van der Waals surface area contributed by atoms with Crippen molar-refractivity contribution in [3.63, 3.8) is 0 Å². The van der Waals surface area contributed by atoms with Crippen LogP contribution in [0, 0.1) is 0 Å². The molecule has 0 saturated carbocycles. The summed E-state index contributed by atoms with van der Waals surface area (Å²) in [5.74, 6) is 0.704. The Labute approximate surface area is 64.0 Å². The van der Waals surface area contributed by atoms with Crippen LogP contribution in [0.4, 0.5) is 0 Å². The molecule has 0 amide bonds. The van der Waals surface area contributed by atoms with Crippen molar-refractivity contribution in [2.75, 3.05) is 7.11 Å². The Balaban J connectivity index is 2.96. The fourth-order valence-corrected chi connectivity index (χ4v) is 1.07. The Morgan fingerprint density at radius 2 is 2.10 bits per heavy atom. The Morgan fingerprint density at radius 1 is 1.40 bits per heavy atom. The average molecular weight is 156 g/mol. The van der Waals surface area contributed by atoms with E-state index in [9.17, 15) is 0 Å². The van der Waals surface area contributed by atoms with Crippen molar-refractivity contribution in [2.45, 2.75) is 4.90 Å². The Kier molecular flexibility index (Phi) is 2.59. The smallest absolute Gasteiger partial charge is 0.134 e. The van der Waals surface area contributed by atoms with Gasteiger partial charge in [0.15, 0.2) is 0 Å². The van der Waals surface area contributed by atoms with Gasteiger partial charge >= 0.3 is 0 Å². The molecule has 0 aliphatic rings. The number of hydrogen-bond donors (Lipinski definition) is 1. The lowest BCUT2D eigenvalue weighted by Gasteiger charge is -2.02. The molecule has 0 bridgehead atoms. The standard InChI is InChI=1S/C7H8O2S/c1-9-6-4-2-3-5-7(6)10-8/h2-5,8H,1H3. The second kappa shape index (κ2) is 3.49. The SMILES string of the molecule is COc1ccccc1SO. The van der Waals surface area contributed by atoms with Crippen LogP contribution in [0.25, 0.3) is 0 Å². The summed E-state index contributed by atoms with van der Waals surface area (Å²) in [6, 6.07) is 7.31. The van der Waals surface area contributed by atoms with Gasteiger partial charge in [-0.15, -0.1) is 0 Å². The predicted molar refractivity (Wildman–Crippen MR) is 41.5 cm³/mol. The first-order chi connectivity index (χ1) is 4.88. The molecule has 1 rings (SSSR count). The van der Waals surface area contributed by atoms with Crippen LogP contribution in [0.2, 0.25) is 0 Å². The van der Waals surface area contributed by atoms with Crippen LogP contribution >= 0.6 is 12.0 Å². The van der Waals surface area contributed by atoms with Gasteiger partial charge < -0.3 is 9.29 Å². The first-order valence-corrected chi connectivity index (χ1v) is 3.60. The maximum atomic E-state index is 8.69. The summed E-state index contributed by atoms with van der Waals surface area (Å²) in [5, 5.41) is 0. The quantitative estimate of drug-likeness (QED) is 0.666. The van der Waals surface area contributed by atoms with Crippen molar-refractivity contribution in [3.05, 3.63) is 24.3 Å².